The van der Waals surface area contributed by atoms with E-state index in [0.29, 0.717) is 21.9 Å². The number of carbonyl (C=O) groups excluding carboxylic acids is 2. The molecular formula is C15H12ClN3O3. The fourth-order valence-corrected chi connectivity index (χ4v) is 1.72. The fraction of sp³-hybridized carbons (Fsp3) is 0. The third kappa shape index (κ3) is 4.32. The van der Waals surface area contributed by atoms with Gasteiger partial charge in [0.05, 0.1) is 11.8 Å². The average Bonchev–Trinajstić information content (AvgIpc) is 2.49. The molecule has 112 valence electrons. The number of nitrogens with two attached hydrogens (primary N) is 1. The van der Waals surface area contributed by atoms with Gasteiger partial charge in [-0.3, -0.25) is 0 Å². The van der Waals surface area contributed by atoms with E-state index in [9.17, 15) is 9.59 Å². The zero-order valence-electron chi connectivity index (χ0n) is 11.3. The minimum atomic E-state index is -0.785. The van der Waals surface area contributed by atoms with Gasteiger partial charge in [0.2, 0.25) is 0 Å². The van der Waals surface area contributed by atoms with Gasteiger partial charge >= 0.3 is 12.0 Å². The van der Waals surface area contributed by atoms with Gasteiger partial charge in [-0.25, -0.2) is 15.0 Å². The maximum absolute atomic E-state index is 12.1. The Morgan fingerprint density at radius 3 is 2.50 bits per heavy atom. The first kappa shape index (κ1) is 15.5. The monoisotopic (exact) mass is 317 g/mol. The number of nitrogens with one attached hydrogen (secondary N) is 1. The lowest BCUT2D eigenvalue weighted by molar-refractivity contribution is 0.0734. The number of rotatable bonds is 4. The number of benzene rings is 2. The van der Waals surface area contributed by atoms with E-state index in [0.717, 1.165) is 0 Å². The lowest BCUT2D eigenvalue weighted by Gasteiger charge is -2.07. The van der Waals surface area contributed by atoms with Crippen molar-refractivity contribution in [3.63, 3.8) is 0 Å². The van der Waals surface area contributed by atoms with Crippen LogP contribution in [0.15, 0.2) is 53.6 Å². The summed E-state index contributed by atoms with van der Waals surface area (Å²) in [5.41, 5.74) is 7.85. The predicted octanol–water partition coefficient (Wildman–Crippen LogP) is 2.56. The Labute approximate surface area is 131 Å². The van der Waals surface area contributed by atoms with E-state index in [1.54, 1.807) is 48.5 Å². The molecule has 0 unspecified atom stereocenters. The van der Waals surface area contributed by atoms with Gasteiger partial charge in [-0.1, -0.05) is 23.7 Å². The molecule has 0 aliphatic rings. The number of ether oxygens (including phenoxy) is 1. The SMILES string of the molecule is NC(=O)N/N=C\c1ccccc1OC(=O)c1ccc(Cl)cc1. The van der Waals surface area contributed by atoms with E-state index >= 15 is 0 Å². The van der Waals surface area contributed by atoms with Crippen molar-refractivity contribution in [3.05, 3.63) is 64.7 Å². The Hall–Kier alpha value is -2.86. The van der Waals surface area contributed by atoms with E-state index in [1.165, 1.54) is 6.21 Å². The number of urea groups is 1. The van der Waals surface area contributed by atoms with Crippen LogP contribution in [0.25, 0.3) is 0 Å². The molecule has 0 fully saturated rings. The Bertz CT molecular complexity index is 714. The first-order valence-electron chi connectivity index (χ1n) is 6.21. The molecule has 0 heterocycles. The lowest BCUT2D eigenvalue weighted by Crippen LogP contribution is -2.24. The van der Waals surface area contributed by atoms with Gasteiger partial charge in [0.15, 0.2) is 0 Å². The highest BCUT2D eigenvalue weighted by Crippen LogP contribution is 2.18. The van der Waals surface area contributed by atoms with E-state index in [2.05, 4.69) is 10.5 Å². The van der Waals surface area contributed by atoms with Crippen molar-refractivity contribution in [1.29, 1.82) is 0 Å². The highest BCUT2D eigenvalue weighted by Gasteiger charge is 2.10. The summed E-state index contributed by atoms with van der Waals surface area (Å²) in [6.45, 7) is 0. The van der Waals surface area contributed by atoms with E-state index in [4.69, 9.17) is 22.1 Å². The quantitative estimate of drug-likeness (QED) is 0.393. The minimum absolute atomic E-state index is 0.303. The molecule has 0 radical (unpaired) electrons. The molecule has 2 rings (SSSR count). The molecule has 22 heavy (non-hydrogen) atoms. The van der Waals surface area contributed by atoms with Gasteiger partial charge in [-0.15, -0.1) is 0 Å². The van der Waals surface area contributed by atoms with Crippen LogP contribution in [0.2, 0.25) is 5.02 Å². The molecular weight excluding hydrogens is 306 g/mol. The van der Waals surface area contributed by atoms with E-state index in [-0.39, 0.29) is 0 Å². The van der Waals surface area contributed by atoms with Gasteiger partial charge in [0.25, 0.3) is 0 Å². The number of hydrazone groups is 1. The molecule has 3 N–H and O–H groups in total. The summed E-state index contributed by atoms with van der Waals surface area (Å²) in [7, 11) is 0. The summed E-state index contributed by atoms with van der Waals surface area (Å²) in [4.78, 5) is 22.6. The molecule has 0 spiro atoms. The Balaban J connectivity index is 2.15. The summed E-state index contributed by atoms with van der Waals surface area (Å²) in [5.74, 6) is -0.224. The number of hydrogen-bond donors (Lipinski definition) is 2. The van der Waals surface area contributed by atoms with Crippen LogP contribution < -0.4 is 15.9 Å². The van der Waals surface area contributed by atoms with Gasteiger partial charge in [-0.2, -0.15) is 5.10 Å². The molecule has 0 aromatic heterocycles. The third-order valence-corrected chi connectivity index (χ3v) is 2.83. The van der Waals surface area contributed by atoms with Crippen LogP contribution in [-0.2, 0) is 0 Å². The summed E-state index contributed by atoms with van der Waals surface area (Å²) in [5, 5.41) is 4.16. The van der Waals surface area contributed by atoms with E-state index in [1.807, 2.05) is 0 Å². The largest absolute Gasteiger partial charge is 0.422 e. The van der Waals surface area contributed by atoms with Crippen LogP contribution in [0.1, 0.15) is 15.9 Å². The second-order valence-electron chi connectivity index (χ2n) is 4.17. The van der Waals surface area contributed by atoms with Crippen molar-refractivity contribution in [2.75, 3.05) is 0 Å². The first-order chi connectivity index (χ1) is 10.6. The number of amides is 2. The first-order valence-corrected chi connectivity index (χ1v) is 6.59. The van der Waals surface area contributed by atoms with Crippen molar-refractivity contribution in [1.82, 2.24) is 5.43 Å². The molecule has 0 aliphatic carbocycles. The normalized spacial score (nSPS) is 10.4. The molecule has 2 aromatic rings. The zero-order chi connectivity index (χ0) is 15.9. The fourth-order valence-electron chi connectivity index (χ4n) is 1.59. The lowest BCUT2D eigenvalue weighted by atomic mass is 10.2. The number of para-hydroxylation sites is 1. The standard InChI is InChI=1S/C15H12ClN3O3/c16-12-7-5-10(6-8-12)14(20)22-13-4-2-1-3-11(13)9-18-19-15(17)21/h1-9H,(H3,17,19,21)/b18-9-. The number of halogens is 1. The van der Waals surface area contributed by atoms with Crippen LogP contribution in [-0.4, -0.2) is 18.2 Å². The van der Waals surface area contributed by atoms with Crippen LogP contribution >= 0.6 is 11.6 Å². The second-order valence-corrected chi connectivity index (χ2v) is 4.60. The van der Waals surface area contributed by atoms with Crippen molar-refractivity contribution < 1.29 is 14.3 Å². The van der Waals surface area contributed by atoms with Crippen molar-refractivity contribution in [2.45, 2.75) is 0 Å². The molecule has 0 bridgehead atoms. The number of nitrogens with zero attached hydrogens (tertiary/aromatic N) is 1. The molecule has 7 heteroatoms. The minimum Gasteiger partial charge on any atom is -0.422 e. The van der Waals surface area contributed by atoms with Gasteiger partial charge in [0, 0.05) is 10.6 Å². The van der Waals surface area contributed by atoms with Crippen molar-refractivity contribution in [3.8, 4) is 5.75 Å². The highest BCUT2D eigenvalue weighted by atomic mass is 35.5. The van der Waals surface area contributed by atoms with Crippen molar-refractivity contribution in [2.24, 2.45) is 10.8 Å². The summed E-state index contributed by atoms with van der Waals surface area (Å²) < 4.78 is 5.31. The number of esters is 1. The van der Waals surface area contributed by atoms with Crippen LogP contribution in [0.3, 0.4) is 0 Å². The van der Waals surface area contributed by atoms with Gasteiger partial charge in [0.1, 0.15) is 5.75 Å². The average molecular weight is 318 g/mol. The molecule has 0 aliphatic heterocycles. The smallest absolute Gasteiger partial charge is 0.343 e. The predicted molar refractivity (Wildman–Crippen MR) is 83.2 cm³/mol. The zero-order valence-corrected chi connectivity index (χ0v) is 12.1. The number of primary amides is 1. The maximum atomic E-state index is 12.1. The molecule has 6 nitrogen and oxygen atoms in total. The Kier molecular flexibility index (Phi) is 5.11. The summed E-state index contributed by atoms with van der Waals surface area (Å²) in [6.07, 6.45) is 1.33. The highest BCUT2D eigenvalue weighted by molar-refractivity contribution is 6.30. The van der Waals surface area contributed by atoms with Gasteiger partial charge < -0.3 is 10.5 Å². The summed E-state index contributed by atoms with van der Waals surface area (Å²) >= 11 is 5.77. The number of carbonyl (C=O) groups is 2. The summed E-state index contributed by atoms with van der Waals surface area (Å²) in [6, 6.07) is 12.3. The molecule has 0 atom stereocenters. The second kappa shape index (κ2) is 7.24. The molecule has 0 saturated heterocycles. The van der Waals surface area contributed by atoms with Gasteiger partial charge in [-0.05, 0) is 36.4 Å². The molecule has 0 saturated carbocycles. The Morgan fingerprint density at radius 1 is 1.14 bits per heavy atom. The Morgan fingerprint density at radius 2 is 1.82 bits per heavy atom. The molecule has 2 amide bonds. The van der Waals surface area contributed by atoms with Crippen LogP contribution in [0.4, 0.5) is 4.79 Å². The van der Waals surface area contributed by atoms with E-state index < -0.39 is 12.0 Å². The topological polar surface area (TPSA) is 93.8 Å². The molecule has 2 aromatic carbocycles. The van der Waals surface area contributed by atoms with Crippen LogP contribution in [0, 0.1) is 0 Å². The van der Waals surface area contributed by atoms with Crippen molar-refractivity contribution >= 4 is 29.8 Å². The maximum Gasteiger partial charge on any atom is 0.343 e. The van der Waals surface area contributed by atoms with Crippen LogP contribution in [0.5, 0.6) is 5.75 Å². The third-order valence-electron chi connectivity index (χ3n) is 2.58. The number of hydrogen-bond acceptors (Lipinski definition) is 4.